The lowest BCUT2D eigenvalue weighted by molar-refractivity contribution is -0.0453. The van der Waals surface area contributed by atoms with Crippen molar-refractivity contribution < 1.29 is 9.84 Å². The fourth-order valence-electron chi connectivity index (χ4n) is 1.31. The summed E-state index contributed by atoms with van der Waals surface area (Å²) in [7, 11) is 0. The SMILES string of the molecule is CCC(C)C(O)C1CSCCO1. The van der Waals surface area contributed by atoms with Crippen LogP contribution in [0.5, 0.6) is 0 Å². The zero-order chi connectivity index (χ0) is 8.97. The van der Waals surface area contributed by atoms with Gasteiger partial charge in [-0.15, -0.1) is 0 Å². The number of hydrogen-bond donors (Lipinski definition) is 1. The lowest BCUT2D eigenvalue weighted by Gasteiger charge is -2.29. The van der Waals surface area contributed by atoms with Crippen LogP contribution in [0.25, 0.3) is 0 Å². The van der Waals surface area contributed by atoms with Crippen molar-refractivity contribution in [2.24, 2.45) is 5.92 Å². The van der Waals surface area contributed by atoms with Crippen LogP contribution in [-0.2, 0) is 4.74 Å². The largest absolute Gasteiger partial charge is 0.390 e. The van der Waals surface area contributed by atoms with Crippen molar-refractivity contribution in [2.75, 3.05) is 18.1 Å². The monoisotopic (exact) mass is 190 g/mol. The second kappa shape index (κ2) is 5.10. The van der Waals surface area contributed by atoms with E-state index >= 15 is 0 Å². The van der Waals surface area contributed by atoms with Gasteiger partial charge in [-0.2, -0.15) is 11.8 Å². The normalized spacial score (nSPS) is 29.8. The lowest BCUT2D eigenvalue weighted by atomic mass is 9.98. The molecule has 1 rings (SSSR count). The lowest BCUT2D eigenvalue weighted by Crippen LogP contribution is -2.38. The minimum atomic E-state index is -0.275. The Morgan fingerprint density at radius 2 is 2.42 bits per heavy atom. The number of ether oxygens (including phenoxy) is 1. The van der Waals surface area contributed by atoms with E-state index in [9.17, 15) is 5.11 Å². The molecule has 0 saturated carbocycles. The van der Waals surface area contributed by atoms with Gasteiger partial charge in [-0.1, -0.05) is 20.3 Å². The molecular formula is C9H18O2S. The molecule has 0 aromatic heterocycles. The number of hydrogen-bond acceptors (Lipinski definition) is 3. The molecule has 1 aliphatic rings. The molecule has 0 aliphatic carbocycles. The van der Waals surface area contributed by atoms with Gasteiger partial charge in [0.2, 0.25) is 0 Å². The van der Waals surface area contributed by atoms with Gasteiger partial charge in [-0.05, 0) is 5.92 Å². The minimum absolute atomic E-state index is 0.0682. The Morgan fingerprint density at radius 3 is 2.92 bits per heavy atom. The molecule has 0 spiro atoms. The molecule has 1 saturated heterocycles. The molecule has 1 N–H and O–H groups in total. The van der Waals surface area contributed by atoms with Crippen molar-refractivity contribution >= 4 is 11.8 Å². The van der Waals surface area contributed by atoms with E-state index < -0.39 is 0 Å². The molecule has 3 heteroatoms. The second-order valence-electron chi connectivity index (χ2n) is 3.36. The summed E-state index contributed by atoms with van der Waals surface area (Å²) in [6.07, 6.45) is 0.813. The van der Waals surface area contributed by atoms with Gasteiger partial charge in [0.1, 0.15) is 0 Å². The van der Waals surface area contributed by atoms with Gasteiger partial charge in [0.25, 0.3) is 0 Å². The molecule has 72 valence electrons. The summed E-state index contributed by atoms with van der Waals surface area (Å²) in [6.45, 7) is 4.97. The molecule has 0 aromatic rings. The summed E-state index contributed by atoms with van der Waals surface area (Å²) in [4.78, 5) is 0. The Hall–Kier alpha value is 0.270. The van der Waals surface area contributed by atoms with Crippen LogP contribution in [0.2, 0.25) is 0 Å². The molecule has 3 atom stereocenters. The van der Waals surface area contributed by atoms with Gasteiger partial charge < -0.3 is 9.84 Å². The zero-order valence-corrected chi connectivity index (χ0v) is 8.64. The summed E-state index contributed by atoms with van der Waals surface area (Å²) >= 11 is 1.87. The Labute approximate surface area is 78.7 Å². The highest BCUT2D eigenvalue weighted by Crippen LogP contribution is 2.20. The summed E-state index contributed by atoms with van der Waals surface area (Å²) in [5.74, 6) is 2.38. The smallest absolute Gasteiger partial charge is 0.0927 e. The van der Waals surface area contributed by atoms with Crippen LogP contribution in [0.1, 0.15) is 20.3 Å². The van der Waals surface area contributed by atoms with E-state index in [0.29, 0.717) is 5.92 Å². The van der Waals surface area contributed by atoms with Crippen LogP contribution in [0.15, 0.2) is 0 Å². The Kier molecular flexibility index (Phi) is 4.40. The van der Waals surface area contributed by atoms with Crippen LogP contribution in [0, 0.1) is 5.92 Å². The van der Waals surface area contributed by atoms with Crippen molar-refractivity contribution in [3.05, 3.63) is 0 Å². The standard InChI is InChI=1S/C9H18O2S/c1-3-7(2)9(10)8-6-12-5-4-11-8/h7-10H,3-6H2,1-2H3. The zero-order valence-electron chi connectivity index (χ0n) is 7.82. The number of thioether (sulfide) groups is 1. The van der Waals surface area contributed by atoms with Crippen LogP contribution in [0.3, 0.4) is 0 Å². The predicted molar refractivity (Wildman–Crippen MR) is 52.5 cm³/mol. The van der Waals surface area contributed by atoms with Crippen molar-refractivity contribution in [1.29, 1.82) is 0 Å². The van der Waals surface area contributed by atoms with E-state index in [1.54, 1.807) is 0 Å². The van der Waals surface area contributed by atoms with E-state index in [4.69, 9.17) is 4.74 Å². The maximum atomic E-state index is 9.80. The van der Waals surface area contributed by atoms with Crippen molar-refractivity contribution in [3.8, 4) is 0 Å². The summed E-state index contributed by atoms with van der Waals surface area (Å²) in [5.41, 5.74) is 0. The molecular weight excluding hydrogens is 172 g/mol. The third-order valence-electron chi connectivity index (χ3n) is 2.45. The van der Waals surface area contributed by atoms with E-state index in [0.717, 1.165) is 24.5 Å². The topological polar surface area (TPSA) is 29.5 Å². The first-order valence-corrected chi connectivity index (χ1v) is 5.78. The van der Waals surface area contributed by atoms with Gasteiger partial charge >= 0.3 is 0 Å². The molecule has 0 aromatic carbocycles. The Morgan fingerprint density at radius 1 is 1.67 bits per heavy atom. The average Bonchev–Trinajstić information content (AvgIpc) is 2.17. The van der Waals surface area contributed by atoms with Gasteiger partial charge in [0, 0.05) is 11.5 Å². The second-order valence-corrected chi connectivity index (χ2v) is 4.51. The van der Waals surface area contributed by atoms with Gasteiger partial charge in [-0.25, -0.2) is 0 Å². The molecule has 2 nitrogen and oxygen atoms in total. The first-order valence-electron chi connectivity index (χ1n) is 4.63. The molecule has 1 heterocycles. The van der Waals surface area contributed by atoms with Crippen LogP contribution >= 0.6 is 11.8 Å². The summed E-state index contributed by atoms with van der Waals surface area (Å²) in [5, 5.41) is 9.80. The van der Waals surface area contributed by atoms with Crippen LogP contribution < -0.4 is 0 Å². The van der Waals surface area contributed by atoms with E-state index in [-0.39, 0.29) is 12.2 Å². The first kappa shape index (κ1) is 10.4. The Bertz CT molecular complexity index is 124. The van der Waals surface area contributed by atoms with Gasteiger partial charge in [0.15, 0.2) is 0 Å². The molecule has 1 fully saturated rings. The third-order valence-corrected chi connectivity index (χ3v) is 3.47. The summed E-state index contributed by atoms with van der Waals surface area (Å²) < 4.78 is 5.49. The van der Waals surface area contributed by atoms with Crippen LogP contribution in [0.4, 0.5) is 0 Å². The molecule has 12 heavy (non-hydrogen) atoms. The average molecular weight is 190 g/mol. The minimum Gasteiger partial charge on any atom is -0.390 e. The maximum absolute atomic E-state index is 9.80. The molecule has 1 aliphatic heterocycles. The number of rotatable bonds is 3. The molecule has 0 radical (unpaired) electrons. The van der Waals surface area contributed by atoms with Gasteiger partial charge in [0.05, 0.1) is 18.8 Å². The number of aliphatic hydroxyl groups is 1. The Balaban J connectivity index is 2.33. The molecule has 0 amide bonds. The molecule has 3 unspecified atom stereocenters. The highest BCUT2D eigenvalue weighted by Gasteiger charge is 2.26. The molecule has 0 bridgehead atoms. The van der Waals surface area contributed by atoms with E-state index in [2.05, 4.69) is 13.8 Å². The maximum Gasteiger partial charge on any atom is 0.0927 e. The van der Waals surface area contributed by atoms with Gasteiger partial charge in [-0.3, -0.25) is 0 Å². The third kappa shape index (κ3) is 2.64. The van der Waals surface area contributed by atoms with Crippen molar-refractivity contribution in [1.82, 2.24) is 0 Å². The fraction of sp³-hybridized carbons (Fsp3) is 1.00. The van der Waals surface area contributed by atoms with E-state index in [1.165, 1.54) is 0 Å². The number of aliphatic hydroxyl groups excluding tert-OH is 1. The fourth-order valence-corrected chi connectivity index (χ4v) is 2.22. The predicted octanol–water partition coefficient (Wildman–Crippen LogP) is 1.53. The quantitative estimate of drug-likeness (QED) is 0.732. The highest BCUT2D eigenvalue weighted by atomic mass is 32.2. The van der Waals surface area contributed by atoms with Crippen molar-refractivity contribution in [2.45, 2.75) is 32.5 Å². The first-order chi connectivity index (χ1) is 5.75. The summed E-state index contributed by atoms with van der Waals surface area (Å²) in [6, 6.07) is 0. The van der Waals surface area contributed by atoms with Crippen LogP contribution in [-0.4, -0.2) is 35.4 Å². The van der Waals surface area contributed by atoms with Crippen molar-refractivity contribution in [3.63, 3.8) is 0 Å². The highest BCUT2D eigenvalue weighted by molar-refractivity contribution is 7.99. The van der Waals surface area contributed by atoms with E-state index in [1.807, 2.05) is 11.8 Å².